The molecule has 0 unspecified atom stereocenters. The van der Waals surface area contributed by atoms with E-state index >= 15 is 0 Å². The van der Waals surface area contributed by atoms with Crippen LogP contribution in [0.1, 0.15) is 25.3 Å². The fraction of sp³-hybridized carbons (Fsp3) is 0.500. The number of hydrogen-bond acceptors (Lipinski definition) is 3. The maximum atomic E-state index is 8.76. The van der Waals surface area contributed by atoms with Crippen molar-refractivity contribution in [2.45, 2.75) is 24.7 Å². The average molecular weight is 226 g/mol. The summed E-state index contributed by atoms with van der Waals surface area (Å²) in [5.41, 5.74) is 1.22. The first-order chi connectivity index (χ1) is 7.19. The van der Waals surface area contributed by atoms with Gasteiger partial charge in [0.25, 0.3) is 0 Å². The Kier molecular flexibility index (Phi) is 4.99. The molecule has 2 nitrogen and oxygen atoms in total. The lowest BCUT2D eigenvalue weighted by atomic mass is 10.0. The number of methoxy groups -OCH3 is 1. The van der Waals surface area contributed by atoms with Gasteiger partial charge < -0.3 is 9.84 Å². The predicted octanol–water partition coefficient (Wildman–Crippen LogP) is 2.90. The molecule has 0 heterocycles. The van der Waals surface area contributed by atoms with Crippen molar-refractivity contribution < 1.29 is 9.84 Å². The second-order valence-electron chi connectivity index (χ2n) is 3.63. The molecule has 0 bridgehead atoms. The van der Waals surface area contributed by atoms with Crippen LogP contribution in [0.15, 0.2) is 23.1 Å². The Morgan fingerprint density at radius 3 is 2.67 bits per heavy atom. The highest BCUT2D eigenvalue weighted by Crippen LogP contribution is 2.30. The maximum absolute atomic E-state index is 8.76. The van der Waals surface area contributed by atoms with Crippen LogP contribution in [0, 0.1) is 0 Å². The lowest BCUT2D eigenvalue weighted by Gasteiger charge is -2.13. The molecule has 3 heteroatoms. The third-order valence-corrected chi connectivity index (χ3v) is 3.16. The van der Waals surface area contributed by atoms with Crippen LogP contribution in [0.5, 0.6) is 5.75 Å². The number of thioether (sulfide) groups is 1. The second kappa shape index (κ2) is 6.03. The van der Waals surface area contributed by atoms with E-state index in [9.17, 15) is 0 Å². The van der Waals surface area contributed by atoms with E-state index in [0.717, 1.165) is 11.5 Å². The molecule has 0 amide bonds. The number of aliphatic hydroxyl groups is 1. The molecule has 1 aromatic carbocycles. The first-order valence-electron chi connectivity index (χ1n) is 5.10. The minimum absolute atomic E-state index is 0.216. The molecule has 0 aliphatic heterocycles. The zero-order chi connectivity index (χ0) is 11.3. The van der Waals surface area contributed by atoms with Crippen LogP contribution in [0.4, 0.5) is 0 Å². The quantitative estimate of drug-likeness (QED) is 0.783. The van der Waals surface area contributed by atoms with Gasteiger partial charge >= 0.3 is 0 Å². The molecule has 0 fully saturated rings. The largest absolute Gasteiger partial charge is 0.496 e. The summed E-state index contributed by atoms with van der Waals surface area (Å²) in [6.45, 7) is 4.52. The Labute approximate surface area is 95.7 Å². The highest BCUT2D eigenvalue weighted by molar-refractivity contribution is 7.99. The van der Waals surface area contributed by atoms with Gasteiger partial charge in [-0.3, -0.25) is 0 Å². The fourth-order valence-electron chi connectivity index (χ4n) is 1.42. The van der Waals surface area contributed by atoms with Gasteiger partial charge in [-0.2, -0.15) is 0 Å². The van der Waals surface area contributed by atoms with E-state index in [4.69, 9.17) is 9.84 Å². The molecule has 0 aromatic heterocycles. The van der Waals surface area contributed by atoms with Crippen molar-refractivity contribution in [1.29, 1.82) is 0 Å². The van der Waals surface area contributed by atoms with Gasteiger partial charge in [0.2, 0.25) is 0 Å². The van der Waals surface area contributed by atoms with E-state index in [1.54, 1.807) is 18.9 Å². The molecule has 0 atom stereocenters. The van der Waals surface area contributed by atoms with Crippen LogP contribution in [0.2, 0.25) is 0 Å². The van der Waals surface area contributed by atoms with Gasteiger partial charge in [0.05, 0.1) is 13.7 Å². The highest BCUT2D eigenvalue weighted by atomic mass is 32.2. The minimum atomic E-state index is 0.216. The molecule has 1 rings (SSSR count). The zero-order valence-electron chi connectivity index (χ0n) is 9.49. The van der Waals surface area contributed by atoms with Crippen molar-refractivity contribution in [3.05, 3.63) is 23.8 Å². The number of rotatable bonds is 5. The molecular formula is C12H18O2S. The number of ether oxygens (including phenoxy) is 1. The van der Waals surface area contributed by atoms with E-state index in [1.165, 1.54) is 10.5 Å². The normalized spacial score (nSPS) is 10.7. The third-order valence-electron chi connectivity index (χ3n) is 2.18. The van der Waals surface area contributed by atoms with Gasteiger partial charge in [-0.15, -0.1) is 11.8 Å². The van der Waals surface area contributed by atoms with E-state index < -0.39 is 0 Å². The molecule has 1 aromatic rings. The van der Waals surface area contributed by atoms with Crippen molar-refractivity contribution >= 4 is 11.8 Å². The van der Waals surface area contributed by atoms with Crippen LogP contribution < -0.4 is 4.74 Å². The van der Waals surface area contributed by atoms with Crippen molar-refractivity contribution in [3.63, 3.8) is 0 Å². The molecule has 0 aliphatic carbocycles. The van der Waals surface area contributed by atoms with Crippen molar-refractivity contribution in [3.8, 4) is 5.75 Å². The maximum Gasteiger partial charge on any atom is 0.122 e. The van der Waals surface area contributed by atoms with E-state index in [1.807, 2.05) is 12.1 Å². The third kappa shape index (κ3) is 3.43. The summed E-state index contributed by atoms with van der Waals surface area (Å²) in [5.74, 6) is 2.14. The Bertz CT molecular complexity index is 310. The summed E-state index contributed by atoms with van der Waals surface area (Å²) in [5, 5.41) is 8.76. The fourth-order valence-corrected chi connectivity index (χ4v) is 2.12. The van der Waals surface area contributed by atoms with Gasteiger partial charge in [-0.05, 0) is 29.7 Å². The minimum Gasteiger partial charge on any atom is -0.496 e. The summed E-state index contributed by atoms with van der Waals surface area (Å²) in [6, 6.07) is 6.17. The number of hydrogen-bond donors (Lipinski definition) is 1. The van der Waals surface area contributed by atoms with Gasteiger partial charge in [-0.25, -0.2) is 0 Å². The van der Waals surface area contributed by atoms with Crippen LogP contribution in [-0.2, 0) is 0 Å². The molecule has 84 valence electrons. The number of benzene rings is 1. The molecule has 0 spiro atoms. The second-order valence-corrected chi connectivity index (χ2v) is 4.80. The lowest BCUT2D eigenvalue weighted by Crippen LogP contribution is -1.95. The summed E-state index contributed by atoms with van der Waals surface area (Å²) in [6.07, 6.45) is 0. The Morgan fingerprint density at radius 1 is 1.40 bits per heavy atom. The highest BCUT2D eigenvalue weighted by Gasteiger charge is 2.08. The summed E-state index contributed by atoms with van der Waals surface area (Å²) >= 11 is 1.67. The van der Waals surface area contributed by atoms with Crippen molar-refractivity contribution in [1.82, 2.24) is 0 Å². The number of aliphatic hydroxyl groups excluding tert-OH is 1. The molecule has 0 aliphatic rings. The van der Waals surface area contributed by atoms with Gasteiger partial charge in [-0.1, -0.05) is 13.8 Å². The van der Waals surface area contributed by atoms with E-state index in [2.05, 4.69) is 19.9 Å². The first-order valence-corrected chi connectivity index (χ1v) is 6.09. The molecular weight excluding hydrogens is 208 g/mol. The van der Waals surface area contributed by atoms with Crippen LogP contribution in [0.25, 0.3) is 0 Å². The Morgan fingerprint density at radius 2 is 2.13 bits per heavy atom. The predicted molar refractivity (Wildman–Crippen MR) is 64.9 cm³/mol. The van der Waals surface area contributed by atoms with Gasteiger partial charge in [0.15, 0.2) is 0 Å². The molecule has 15 heavy (non-hydrogen) atoms. The van der Waals surface area contributed by atoms with Gasteiger partial charge in [0.1, 0.15) is 5.75 Å². The zero-order valence-corrected chi connectivity index (χ0v) is 10.3. The average Bonchev–Trinajstić information content (AvgIpc) is 2.25. The first kappa shape index (κ1) is 12.4. The molecule has 0 radical (unpaired) electrons. The van der Waals surface area contributed by atoms with E-state index in [0.29, 0.717) is 5.92 Å². The van der Waals surface area contributed by atoms with E-state index in [-0.39, 0.29) is 6.61 Å². The summed E-state index contributed by atoms with van der Waals surface area (Å²) in [4.78, 5) is 1.19. The summed E-state index contributed by atoms with van der Waals surface area (Å²) < 4.78 is 5.31. The lowest BCUT2D eigenvalue weighted by molar-refractivity contribution is 0.322. The Balaban J connectivity index is 2.89. The van der Waals surface area contributed by atoms with Crippen LogP contribution >= 0.6 is 11.8 Å². The topological polar surface area (TPSA) is 29.5 Å². The molecule has 0 saturated heterocycles. The smallest absolute Gasteiger partial charge is 0.122 e. The van der Waals surface area contributed by atoms with Crippen LogP contribution in [0.3, 0.4) is 0 Å². The van der Waals surface area contributed by atoms with Crippen LogP contribution in [-0.4, -0.2) is 24.6 Å². The molecule has 0 saturated carbocycles. The van der Waals surface area contributed by atoms with Crippen molar-refractivity contribution in [2.24, 2.45) is 0 Å². The monoisotopic (exact) mass is 226 g/mol. The van der Waals surface area contributed by atoms with Gasteiger partial charge in [0, 0.05) is 10.6 Å². The Hall–Kier alpha value is -0.670. The van der Waals surface area contributed by atoms with Crippen molar-refractivity contribution in [2.75, 3.05) is 19.5 Å². The molecule has 1 N–H and O–H groups in total. The SMILES string of the molecule is COc1ccc(SCCO)cc1C(C)C. The standard InChI is InChI=1S/C12H18O2S/c1-9(2)11-8-10(15-7-6-13)4-5-12(11)14-3/h4-5,8-9,13H,6-7H2,1-3H3. The summed E-state index contributed by atoms with van der Waals surface area (Å²) in [7, 11) is 1.70.